The Bertz CT molecular complexity index is 340. The lowest BCUT2D eigenvalue weighted by molar-refractivity contribution is -0.0145. The standard InChI is InChI=1S/C11H21NO3S/c1-9-8-15-11(2,12-9)7-10-3-5-16(13,14)6-4-10/h9-10,12H,3-8H2,1-2H3. The smallest absolute Gasteiger partial charge is 0.150 e. The van der Waals surface area contributed by atoms with E-state index >= 15 is 0 Å². The first-order valence-corrected chi connectivity index (χ1v) is 7.83. The molecule has 0 saturated carbocycles. The number of hydrogen-bond acceptors (Lipinski definition) is 4. The maximum Gasteiger partial charge on any atom is 0.150 e. The zero-order valence-corrected chi connectivity index (χ0v) is 10.8. The minimum Gasteiger partial charge on any atom is -0.359 e. The highest BCUT2D eigenvalue weighted by atomic mass is 32.2. The first-order chi connectivity index (χ1) is 7.39. The fraction of sp³-hybridized carbons (Fsp3) is 1.00. The molecule has 4 nitrogen and oxygen atoms in total. The Morgan fingerprint density at radius 2 is 2.00 bits per heavy atom. The van der Waals surface area contributed by atoms with Crippen LogP contribution in [0.15, 0.2) is 0 Å². The zero-order valence-electron chi connectivity index (χ0n) is 10.0. The highest BCUT2D eigenvalue weighted by Gasteiger charge is 2.37. The maximum atomic E-state index is 11.3. The van der Waals surface area contributed by atoms with Gasteiger partial charge in [0.1, 0.15) is 15.6 Å². The number of sulfone groups is 1. The first-order valence-electron chi connectivity index (χ1n) is 6.01. The van der Waals surface area contributed by atoms with Crippen molar-refractivity contribution in [3.63, 3.8) is 0 Å². The van der Waals surface area contributed by atoms with Crippen LogP contribution in [0.25, 0.3) is 0 Å². The molecule has 0 aliphatic carbocycles. The molecule has 2 rings (SSSR count). The van der Waals surface area contributed by atoms with E-state index in [0.717, 1.165) is 25.9 Å². The molecule has 2 saturated heterocycles. The van der Waals surface area contributed by atoms with Crippen LogP contribution in [0.5, 0.6) is 0 Å². The predicted octanol–water partition coefficient (Wildman–Crippen LogP) is 0.926. The van der Waals surface area contributed by atoms with Crippen LogP contribution in [-0.2, 0) is 14.6 Å². The quantitative estimate of drug-likeness (QED) is 0.788. The molecule has 1 N–H and O–H groups in total. The second kappa shape index (κ2) is 4.27. The third kappa shape index (κ3) is 2.96. The lowest BCUT2D eigenvalue weighted by Gasteiger charge is -2.31. The normalized spacial score (nSPS) is 40.0. The Labute approximate surface area is 97.7 Å². The molecule has 0 aromatic carbocycles. The van der Waals surface area contributed by atoms with Crippen molar-refractivity contribution in [3.05, 3.63) is 0 Å². The predicted molar refractivity (Wildman–Crippen MR) is 62.9 cm³/mol. The average Bonchev–Trinajstić information content (AvgIpc) is 2.50. The zero-order chi connectivity index (χ0) is 11.8. The molecule has 2 aliphatic rings. The lowest BCUT2D eigenvalue weighted by atomic mass is 9.93. The van der Waals surface area contributed by atoms with E-state index in [2.05, 4.69) is 19.2 Å². The van der Waals surface area contributed by atoms with Gasteiger partial charge < -0.3 is 4.74 Å². The van der Waals surface area contributed by atoms with Crippen LogP contribution < -0.4 is 5.32 Å². The molecule has 94 valence electrons. The van der Waals surface area contributed by atoms with E-state index in [9.17, 15) is 8.42 Å². The number of nitrogens with one attached hydrogen (secondary N) is 1. The number of rotatable bonds is 2. The second-order valence-electron chi connectivity index (χ2n) is 5.39. The van der Waals surface area contributed by atoms with Gasteiger partial charge in [0.2, 0.25) is 0 Å². The monoisotopic (exact) mass is 247 g/mol. The Hall–Kier alpha value is -0.130. The van der Waals surface area contributed by atoms with Crippen LogP contribution >= 0.6 is 0 Å². The SMILES string of the molecule is CC1COC(C)(CC2CCS(=O)(=O)CC2)N1. The highest BCUT2D eigenvalue weighted by Crippen LogP contribution is 2.30. The van der Waals surface area contributed by atoms with E-state index in [1.54, 1.807) is 0 Å². The summed E-state index contributed by atoms with van der Waals surface area (Å²) in [5.74, 6) is 1.18. The van der Waals surface area contributed by atoms with Gasteiger partial charge in [0.05, 0.1) is 18.1 Å². The summed E-state index contributed by atoms with van der Waals surface area (Å²) in [7, 11) is -2.74. The topological polar surface area (TPSA) is 55.4 Å². The Balaban J connectivity index is 1.87. The highest BCUT2D eigenvalue weighted by molar-refractivity contribution is 7.91. The first kappa shape index (κ1) is 12.3. The van der Waals surface area contributed by atoms with Crippen LogP contribution in [0.3, 0.4) is 0 Å². The molecule has 2 fully saturated rings. The van der Waals surface area contributed by atoms with Crippen molar-refractivity contribution in [2.75, 3.05) is 18.1 Å². The number of hydrogen-bond donors (Lipinski definition) is 1. The third-order valence-electron chi connectivity index (χ3n) is 3.56. The van der Waals surface area contributed by atoms with Crippen molar-refractivity contribution < 1.29 is 13.2 Å². The Kier molecular flexibility index (Phi) is 3.29. The van der Waals surface area contributed by atoms with E-state index in [-0.39, 0.29) is 5.72 Å². The largest absolute Gasteiger partial charge is 0.359 e. The van der Waals surface area contributed by atoms with E-state index < -0.39 is 9.84 Å². The summed E-state index contributed by atoms with van der Waals surface area (Å²) in [5.41, 5.74) is -0.245. The molecule has 2 aliphatic heterocycles. The maximum absolute atomic E-state index is 11.3. The van der Waals surface area contributed by atoms with E-state index in [1.165, 1.54) is 0 Å². The minimum absolute atomic E-state index is 0.245. The molecular weight excluding hydrogens is 226 g/mol. The third-order valence-corrected chi connectivity index (χ3v) is 5.27. The van der Waals surface area contributed by atoms with Crippen LogP contribution in [0, 0.1) is 5.92 Å². The molecule has 2 unspecified atom stereocenters. The minimum atomic E-state index is -2.74. The summed E-state index contributed by atoms with van der Waals surface area (Å²) >= 11 is 0. The van der Waals surface area contributed by atoms with Gasteiger partial charge in [0, 0.05) is 6.04 Å². The fourth-order valence-corrected chi connectivity index (χ4v) is 4.31. The van der Waals surface area contributed by atoms with Crippen molar-refractivity contribution in [1.29, 1.82) is 0 Å². The van der Waals surface area contributed by atoms with Crippen molar-refractivity contribution in [2.24, 2.45) is 5.92 Å². The van der Waals surface area contributed by atoms with Gasteiger partial charge in [0.15, 0.2) is 0 Å². The van der Waals surface area contributed by atoms with E-state index in [1.807, 2.05) is 0 Å². The molecule has 2 atom stereocenters. The summed E-state index contributed by atoms with van der Waals surface area (Å²) in [5, 5.41) is 3.43. The van der Waals surface area contributed by atoms with Gasteiger partial charge in [-0.2, -0.15) is 0 Å². The van der Waals surface area contributed by atoms with E-state index in [4.69, 9.17) is 4.74 Å². The Morgan fingerprint density at radius 1 is 1.38 bits per heavy atom. The summed E-state index contributed by atoms with van der Waals surface area (Å²) in [6.07, 6.45) is 2.50. The fourth-order valence-electron chi connectivity index (χ4n) is 2.73. The molecule has 0 amide bonds. The molecule has 0 aromatic rings. The average molecular weight is 247 g/mol. The molecular formula is C11H21NO3S. The number of ether oxygens (including phenoxy) is 1. The summed E-state index contributed by atoms with van der Waals surface area (Å²) in [4.78, 5) is 0. The summed E-state index contributed by atoms with van der Waals surface area (Å²) in [6, 6.07) is 0.400. The van der Waals surface area contributed by atoms with Gasteiger partial charge in [-0.3, -0.25) is 5.32 Å². The van der Waals surface area contributed by atoms with Crippen LogP contribution in [0.2, 0.25) is 0 Å². The van der Waals surface area contributed by atoms with Crippen LogP contribution in [0.1, 0.15) is 33.1 Å². The van der Waals surface area contributed by atoms with E-state index in [0.29, 0.717) is 23.5 Å². The molecule has 0 spiro atoms. The molecule has 5 heteroatoms. The van der Waals surface area contributed by atoms with Gasteiger partial charge in [0.25, 0.3) is 0 Å². The van der Waals surface area contributed by atoms with Gasteiger partial charge in [-0.25, -0.2) is 8.42 Å². The lowest BCUT2D eigenvalue weighted by Crippen LogP contribution is -2.43. The Morgan fingerprint density at radius 3 is 2.50 bits per heavy atom. The van der Waals surface area contributed by atoms with Gasteiger partial charge in [-0.05, 0) is 39.0 Å². The van der Waals surface area contributed by atoms with Crippen LogP contribution in [-0.4, -0.2) is 38.3 Å². The van der Waals surface area contributed by atoms with Crippen molar-refractivity contribution in [2.45, 2.75) is 44.9 Å². The van der Waals surface area contributed by atoms with Crippen molar-refractivity contribution in [3.8, 4) is 0 Å². The summed E-state index contributed by atoms with van der Waals surface area (Å²) in [6.45, 7) is 4.93. The van der Waals surface area contributed by atoms with Gasteiger partial charge in [-0.15, -0.1) is 0 Å². The van der Waals surface area contributed by atoms with Crippen molar-refractivity contribution in [1.82, 2.24) is 5.32 Å². The second-order valence-corrected chi connectivity index (χ2v) is 7.69. The summed E-state index contributed by atoms with van der Waals surface area (Å²) < 4.78 is 28.4. The molecule has 0 radical (unpaired) electrons. The molecule has 0 aromatic heterocycles. The molecule has 16 heavy (non-hydrogen) atoms. The van der Waals surface area contributed by atoms with Crippen molar-refractivity contribution >= 4 is 9.84 Å². The van der Waals surface area contributed by atoms with Crippen LogP contribution in [0.4, 0.5) is 0 Å². The molecule has 0 bridgehead atoms. The van der Waals surface area contributed by atoms with Gasteiger partial charge >= 0.3 is 0 Å². The van der Waals surface area contributed by atoms with Gasteiger partial charge in [-0.1, -0.05) is 0 Å². The molecule has 2 heterocycles.